The van der Waals surface area contributed by atoms with Gasteiger partial charge < -0.3 is 10.2 Å². The predicted molar refractivity (Wildman–Crippen MR) is 52.5 cm³/mol. The second kappa shape index (κ2) is 5.05. The normalized spacial score (nSPS) is 13.4. The lowest BCUT2D eigenvalue weighted by molar-refractivity contribution is -0.143. The maximum atomic E-state index is 12.0. The van der Waals surface area contributed by atoms with E-state index >= 15 is 0 Å². The van der Waals surface area contributed by atoms with Gasteiger partial charge in [-0.2, -0.15) is 13.2 Å². The molecule has 0 aliphatic rings. The molecule has 0 saturated heterocycles. The molecular weight excluding hydrogens is 239 g/mol. The van der Waals surface area contributed by atoms with Gasteiger partial charge in [-0.1, -0.05) is 12.1 Å². The molecule has 17 heavy (non-hydrogen) atoms. The zero-order chi connectivity index (χ0) is 13.1. The Morgan fingerprint density at radius 1 is 1.29 bits per heavy atom. The van der Waals surface area contributed by atoms with Crippen molar-refractivity contribution in [3.8, 4) is 5.75 Å². The summed E-state index contributed by atoms with van der Waals surface area (Å²) in [7, 11) is 0. The summed E-state index contributed by atoms with van der Waals surface area (Å²) in [6, 6.07) is 3.45. The second-order valence-corrected chi connectivity index (χ2v) is 3.36. The van der Waals surface area contributed by atoms with E-state index in [1.807, 2.05) is 5.32 Å². The molecule has 0 amide bonds. The first kappa shape index (κ1) is 13.3. The van der Waals surface area contributed by atoms with Gasteiger partial charge >= 0.3 is 12.1 Å². The average molecular weight is 249 g/mol. The van der Waals surface area contributed by atoms with Crippen LogP contribution < -0.4 is 5.32 Å². The van der Waals surface area contributed by atoms with E-state index in [1.54, 1.807) is 0 Å². The first-order chi connectivity index (χ1) is 7.79. The number of aliphatic carboxylic acids is 1. The molecule has 0 aliphatic heterocycles. The SMILES string of the molecule is O=C(O)C(NCC(F)(F)F)c1ccc(O)cc1. The van der Waals surface area contributed by atoms with Gasteiger partial charge in [0.25, 0.3) is 0 Å². The van der Waals surface area contributed by atoms with E-state index < -0.39 is 24.7 Å². The number of benzene rings is 1. The number of carboxylic acid groups (broad SMARTS) is 1. The van der Waals surface area contributed by atoms with Gasteiger partial charge in [0.15, 0.2) is 0 Å². The number of aromatic hydroxyl groups is 1. The highest BCUT2D eigenvalue weighted by Gasteiger charge is 2.30. The van der Waals surface area contributed by atoms with Gasteiger partial charge in [-0.15, -0.1) is 0 Å². The largest absolute Gasteiger partial charge is 0.508 e. The third-order valence-corrected chi connectivity index (χ3v) is 1.98. The van der Waals surface area contributed by atoms with Gasteiger partial charge in [0.2, 0.25) is 0 Å². The zero-order valence-corrected chi connectivity index (χ0v) is 8.53. The summed E-state index contributed by atoms with van der Waals surface area (Å²) in [5, 5.41) is 19.7. The number of alkyl halides is 3. The smallest absolute Gasteiger partial charge is 0.401 e. The highest BCUT2D eigenvalue weighted by molar-refractivity contribution is 5.75. The minimum Gasteiger partial charge on any atom is -0.508 e. The number of nitrogens with one attached hydrogen (secondary N) is 1. The van der Waals surface area contributed by atoms with Crippen LogP contribution in [-0.2, 0) is 4.79 Å². The quantitative estimate of drug-likeness (QED) is 0.759. The summed E-state index contributed by atoms with van der Waals surface area (Å²) in [5.41, 5.74) is 0.138. The number of phenols is 1. The lowest BCUT2D eigenvalue weighted by Crippen LogP contribution is -2.35. The fourth-order valence-corrected chi connectivity index (χ4v) is 1.23. The van der Waals surface area contributed by atoms with Gasteiger partial charge in [0.1, 0.15) is 11.8 Å². The molecule has 0 radical (unpaired) electrons. The minimum atomic E-state index is -4.48. The van der Waals surface area contributed by atoms with E-state index in [2.05, 4.69) is 0 Å². The highest BCUT2D eigenvalue weighted by Crippen LogP contribution is 2.19. The van der Waals surface area contributed by atoms with Crippen LogP contribution >= 0.6 is 0 Å². The van der Waals surface area contributed by atoms with Crippen molar-refractivity contribution in [2.24, 2.45) is 0 Å². The summed E-state index contributed by atoms with van der Waals surface area (Å²) < 4.78 is 35.9. The third-order valence-electron chi connectivity index (χ3n) is 1.98. The molecule has 1 atom stereocenters. The number of carboxylic acids is 1. The molecule has 0 heterocycles. The number of hydrogen-bond acceptors (Lipinski definition) is 3. The Morgan fingerprint density at radius 2 is 1.82 bits per heavy atom. The van der Waals surface area contributed by atoms with Crippen molar-refractivity contribution in [3.05, 3.63) is 29.8 Å². The van der Waals surface area contributed by atoms with Gasteiger partial charge in [-0.3, -0.25) is 10.1 Å². The molecule has 1 aromatic carbocycles. The molecule has 1 rings (SSSR count). The molecule has 0 spiro atoms. The van der Waals surface area contributed by atoms with Crippen LogP contribution in [0.2, 0.25) is 0 Å². The number of halogens is 3. The molecule has 94 valence electrons. The Bertz CT molecular complexity index is 389. The van der Waals surface area contributed by atoms with E-state index in [4.69, 9.17) is 10.2 Å². The molecule has 1 unspecified atom stereocenters. The topological polar surface area (TPSA) is 69.6 Å². The fourth-order valence-electron chi connectivity index (χ4n) is 1.23. The molecule has 4 nitrogen and oxygen atoms in total. The van der Waals surface area contributed by atoms with Crippen molar-refractivity contribution < 1.29 is 28.2 Å². The van der Waals surface area contributed by atoms with E-state index in [0.717, 1.165) is 0 Å². The molecule has 0 bridgehead atoms. The predicted octanol–water partition coefficient (Wildman–Crippen LogP) is 1.67. The van der Waals surface area contributed by atoms with Gasteiger partial charge in [0, 0.05) is 0 Å². The number of hydrogen-bond donors (Lipinski definition) is 3. The molecule has 0 saturated carbocycles. The van der Waals surface area contributed by atoms with E-state index in [1.165, 1.54) is 24.3 Å². The van der Waals surface area contributed by atoms with Crippen molar-refractivity contribution in [3.63, 3.8) is 0 Å². The first-order valence-corrected chi connectivity index (χ1v) is 4.61. The molecule has 0 fully saturated rings. The van der Waals surface area contributed by atoms with Crippen LogP contribution in [0.15, 0.2) is 24.3 Å². The van der Waals surface area contributed by atoms with Crippen molar-refractivity contribution in [2.45, 2.75) is 12.2 Å². The summed E-state index contributed by atoms with van der Waals surface area (Å²) >= 11 is 0. The van der Waals surface area contributed by atoms with Gasteiger partial charge in [0.05, 0.1) is 6.54 Å². The number of rotatable bonds is 4. The van der Waals surface area contributed by atoms with Crippen LogP contribution in [0.5, 0.6) is 5.75 Å². The molecule has 1 aromatic rings. The summed E-state index contributed by atoms with van der Waals surface area (Å²) in [4.78, 5) is 10.8. The maximum Gasteiger partial charge on any atom is 0.401 e. The van der Waals surface area contributed by atoms with Crippen LogP contribution in [0.3, 0.4) is 0 Å². The third kappa shape index (κ3) is 4.31. The van der Waals surface area contributed by atoms with Crippen LogP contribution in [0.25, 0.3) is 0 Å². The lowest BCUT2D eigenvalue weighted by atomic mass is 10.1. The molecule has 0 aliphatic carbocycles. The summed E-state index contributed by atoms with van der Waals surface area (Å²) in [5.74, 6) is -1.51. The van der Waals surface area contributed by atoms with Crippen LogP contribution in [0.1, 0.15) is 11.6 Å². The molecule has 3 N–H and O–H groups in total. The van der Waals surface area contributed by atoms with Gasteiger partial charge in [-0.05, 0) is 17.7 Å². The Balaban J connectivity index is 2.79. The van der Waals surface area contributed by atoms with E-state index in [-0.39, 0.29) is 11.3 Å². The van der Waals surface area contributed by atoms with Crippen LogP contribution in [-0.4, -0.2) is 28.9 Å². The van der Waals surface area contributed by atoms with Crippen molar-refractivity contribution in [1.82, 2.24) is 5.32 Å². The Hall–Kier alpha value is -1.76. The van der Waals surface area contributed by atoms with Crippen molar-refractivity contribution in [1.29, 1.82) is 0 Å². The van der Waals surface area contributed by atoms with Crippen molar-refractivity contribution in [2.75, 3.05) is 6.54 Å². The standard InChI is InChI=1S/C10H10F3NO3/c11-10(12,13)5-14-8(9(16)17)6-1-3-7(15)4-2-6/h1-4,8,14-15H,5H2,(H,16,17). The van der Waals surface area contributed by atoms with Crippen LogP contribution in [0, 0.1) is 0 Å². The zero-order valence-electron chi connectivity index (χ0n) is 8.53. The molecule has 7 heteroatoms. The minimum absolute atomic E-state index is 0.0892. The number of phenolic OH excluding ortho intramolecular Hbond substituents is 1. The van der Waals surface area contributed by atoms with Crippen LogP contribution in [0.4, 0.5) is 13.2 Å². The maximum absolute atomic E-state index is 12.0. The Labute approximate surface area is 94.7 Å². The van der Waals surface area contributed by atoms with Crippen molar-refractivity contribution >= 4 is 5.97 Å². The monoisotopic (exact) mass is 249 g/mol. The average Bonchev–Trinajstić information content (AvgIpc) is 2.18. The van der Waals surface area contributed by atoms with E-state index in [9.17, 15) is 18.0 Å². The Kier molecular flexibility index (Phi) is 3.95. The molecular formula is C10H10F3NO3. The first-order valence-electron chi connectivity index (χ1n) is 4.61. The fraction of sp³-hybridized carbons (Fsp3) is 0.300. The number of carbonyl (C=O) groups is 1. The summed E-state index contributed by atoms with van der Waals surface area (Å²) in [6.45, 7) is -1.40. The second-order valence-electron chi connectivity index (χ2n) is 3.36. The molecule has 0 aromatic heterocycles. The van der Waals surface area contributed by atoms with Gasteiger partial charge in [-0.25, -0.2) is 0 Å². The summed E-state index contributed by atoms with van der Waals surface area (Å²) in [6.07, 6.45) is -4.48. The lowest BCUT2D eigenvalue weighted by Gasteiger charge is -2.16. The highest BCUT2D eigenvalue weighted by atomic mass is 19.4. The Morgan fingerprint density at radius 3 is 2.24 bits per heavy atom. The van der Waals surface area contributed by atoms with E-state index in [0.29, 0.717) is 0 Å².